The molecule has 0 N–H and O–H groups in total. The van der Waals surface area contributed by atoms with Gasteiger partial charge in [0.25, 0.3) is 0 Å². The Morgan fingerprint density at radius 2 is 2.00 bits per heavy atom. The minimum atomic E-state index is -0.454. The second-order valence-electron chi connectivity index (χ2n) is 6.43. The van der Waals surface area contributed by atoms with Gasteiger partial charge in [0.2, 0.25) is 0 Å². The van der Waals surface area contributed by atoms with Crippen LogP contribution in [0.5, 0.6) is 0 Å². The molecule has 0 saturated carbocycles. The first kappa shape index (κ1) is 17.2. The molecule has 0 unspecified atom stereocenters. The molecule has 0 bridgehead atoms. The second-order valence-corrected chi connectivity index (χ2v) is 6.43. The van der Waals surface area contributed by atoms with Crippen LogP contribution in [0.25, 0.3) is 5.82 Å². The van der Waals surface area contributed by atoms with E-state index in [4.69, 9.17) is 14.8 Å². The number of nitrogens with zero attached hydrogens (tertiary/aromatic N) is 5. The van der Waals surface area contributed by atoms with E-state index in [1.54, 1.807) is 0 Å². The Morgan fingerprint density at radius 1 is 1.26 bits per heavy atom. The first-order valence-electron chi connectivity index (χ1n) is 8.89. The Bertz CT molecular complexity index is 1060. The number of hydrogen-bond acceptors (Lipinski definition) is 5. The summed E-state index contributed by atoms with van der Waals surface area (Å²) in [4.78, 5) is 21.6. The van der Waals surface area contributed by atoms with Gasteiger partial charge in [0.1, 0.15) is 11.6 Å². The number of fused-ring (bicyclic) bond motifs is 3. The van der Waals surface area contributed by atoms with Crippen molar-refractivity contribution in [2.45, 2.75) is 26.8 Å². The number of carbonyl (C=O) groups is 1. The summed E-state index contributed by atoms with van der Waals surface area (Å²) in [6.45, 7) is 4.30. The molecule has 1 aliphatic heterocycles. The normalized spacial score (nSPS) is 12.8. The lowest BCUT2D eigenvalue weighted by Gasteiger charge is -2.11. The molecule has 3 aromatic rings. The number of esters is 1. The second kappa shape index (κ2) is 6.50. The Kier molecular flexibility index (Phi) is 4.14. The quantitative estimate of drug-likeness (QED) is 0.671. The Morgan fingerprint density at radius 3 is 2.67 bits per heavy atom. The van der Waals surface area contributed by atoms with Crippen LogP contribution in [-0.2, 0) is 24.8 Å². The van der Waals surface area contributed by atoms with Crippen LogP contribution in [0, 0.1) is 6.92 Å². The van der Waals surface area contributed by atoms with E-state index in [0.29, 0.717) is 18.1 Å². The summed E-state index contributed by atoms with van der Waals surface area (Å²) in [5.74, 6) is 1.13. The maximum absolute atomic E-state index is 12.3. The molecule has 1 aliphatic rings. The van der Waals surface area contributed by atoms with Gasteiger partial charge in [-0.2, -0.15) is 5.10 Å². The fourth-order valence-corrected chi connectivity index (χ4v) is 3.64. The molecule has 1 aromatic carbocycles. The summed E-state index contributed by atoms with van der Waals surface area (Å²) in [5.41, 5.74) is 4.89. The smallest absolute Gasteiger partial charge is 0.358 e. The van der Waals surface area contributed by atoms with Gasteiger partial charge in [-0.25, -0.2) is 9.78 Å². The summed E-state index contributed by atoms with van der Waals surface area (Å²) >= 11 is 0. The fraction of sp³-hybridized carbons (Fsp3) is 0.300. The number of ether oxygens (including phenoxy) is 1. The monoisotopic (exact) mass is 363 g/mol. The Balaban J connectivity index is 2.05. The van der Waals surface area contributed by atoms with E-state index in [0.717, 1.165) is 40.5 Å². The van der Waals surface area contributed by atoms with Crippen LogP contribution >= 0.6 is 0 Å². The molecule has 7 heteroatoms. The average Bonchev–Trinajstić information content (AvgIpc) is 3.11. The zero-order chi connectivity index (χ0) is 19.1. The van der Waals surface area contributed by atoms with E-state index in [2.05, 4.69) is 11.9 Å². The molecule has 2 aromatic heterocycles. The van der Waals surface area contributed by atoms with E-state index in [1.165, 1.54) is 7.11 Å². The minimum Gasteiger partial charge on any atom is -0.464 e. The topological polar surface area (TPSA) is 74.3 Å². The van der Waals surface area contributed by atoms with Crippen LogP contribution in [0.4, 0.5) is 0 Å². The van der Waals surface area contributed by atoms with Crippen molar-refractivity contribution < 1.29 is 9.53 Å². The predicted octanol–water partition coefficient (Wildman–Crippen LogP) is 2.61. The highest BCUT2D eigenvalue weighted by Crippen LogP contribution is 2.30. The van der Waals surface area contributed by atoms with Crippen LogP contribution in [0.2, 0.25) is 0 Å². The summed E-state index contributed by atoms with van der Waals surface area (Å²) in [5, 5.41) is 4.71. The molecule has 0 fully saturated rings. The van der Waals surface area contributed by atoms with Gasteiger partial charge in [-0.05, 0) is 13.3 Å². The van der Waals surface area contributed by atoms with E-state index in [1.807, 2.05) is 53.6 Å². The van der Waals surface area contributed by atoms with Gasteiger partial charge >= 0.3 is 5.97 Å². The molecular weight excluding hydrogens is 342 g/mol. The molecule has 0 spiro atoms. The molecule has 0 amide bonds. The Labute approximate surface area is 157 Å². The molecule has 0 saturated heterocycles. The molecule has 0 aliphatic carbocycles. The number of methoxy groups -OCH3 is 1. The zero-order valence-electron chi connectivity index (χ0n) is 15.9. The number of imidazole rings is 1. The third kappa shape index (κ3) is 2.58. The largest absolute Gasteiger partial charge is 0.464 e. The van der Waals surface area contributed by atoms with Gasteiger partial charge in [0, 0.05) is 12.6 Å². The molecule has 7 nitrogen and oxygen atoms in total. The van der Waals surface area contributed by atoms with Gasteiger partial charge in [-0.1, -0.05) is 37.3 Å². The Hall–Kier alpha value is -3.22. The van der Waals surface area contributed by atoms with E-state index >= 15 is 0 Å². The van der Waals surface area contributed by atoms with Gasteiger partial charge in [0.05, 0.1) is 36.3 Å². The highest BCUT2D eigenvalue weighted by Gasteiger charge is 2.31. The SMILES string of the molecule is CCc1nn(C)c2c1C(c1ccccc1)=NCc1c(C(=O)OC)nc(C)n1-2. The average molecular weight is 363 g/mol. The van der Waals surface area contributed by atoms with Crippen molar-refractivity contribution in [3.63, 3.8) is 0 Å². The van der Waals surface area contributed by atoms with Crippen LogP contribution in [0.15, 0.2) is 35.3 Å². The zero-order valence-corrected chi connectivity index (χ0v) is 15.9. The third-order valence-electron chi connectivity index (χ3n) is 4.83. The fourth-order valence-electron chi connectivity index (χ4n) is 3.64. The third-order valence-corrected chi connectivity index (χ3v) is 4.83. The molecule has 138 valence electrons. The number of aromatic nitrogens is 4. The summed E-state index contributed by atoms with van der Waals surface area (Å²) in [6.07, 6.45) is 0.780. The maximum Gasteiger partial charge on any atom is 0.358 e. The summed E-state index contributed by atoms with van der Waals surface area (Å²) < 4.78 is 8.75. The number of aryl methyl sites for hydroxylation is 3. The van der Waals surface area contributed by atoms with E-state index < -0.39 is 5.97 Å². The molecule has 3 heterocycles. The van der Waals surface area contributed by atoms with E-state index in [-0.39, 0.29) is 0 Å². The first-order valence-corrected chi connectivity index (χ1v) is 8.89. The number of benzene rings is 1. The number of aliphatic imine (C=N–C) groups is 1. The minimum absolute atomic E-state index is 0.304. The van der Waals surface area contributed by atoms with Crippen molar-refractivity contribution in [2.75, 3.05) is 7.11 Å². The van der Waals surface area contributed by atoms with Crippen LogP contribution < -0.4 is 0 Å². The van der Waals surface area contributed by atoms with Crippen LogP contribution in [-0.4, -0.2) is 38.1 Å². The lowest BCUT2D eigenvalue weighted by atomic mass is 10.0. The van der Waals surface area contributed by atoms with E-state index in [9.17, 15) is 4.79 Å². The first-order chi connectivity index (χ1) is 13.1. The van der Waals surface area contributed by atoms with Crippen molar-refractivity contribution in [1.82, 2.24) is 19.3 Å². The van der Waals surface area contributed by atoms with Crippen molar-refractivity contribution in [3.8, 4) is 5.82 Å². The molecular formula is C20H21N5O2. The standard InChI is InChI=1S/C20H21N5O2/c1-5-14-16-17(13-9-7-6-8-10-13)21-11-15-18(20(26)27-4)22-12(2)25(15)19(16)24(3)23-14/h6-10H,5,11H2,1-4H3. The van der Waals surface area contributed by atoms with Gasteiger partial charge in [-0.15, -0.1) is 0 Å². The molecule has 4 rings (SSSR count). The van der Waals surface area contributed by atoms with Crippen molar-refractivity contribution in [3.05, 3.63) is 64.4 Å². The van der Waals surface area contributed by atoms with Gasteiger partial charge in [-0.3, -0.25) is 14.2 Å². The summed E-state index contributed by atoms with van der Waals surface area (Å²) in [6, 6.07) is 10.1. The predicted molar refractivity (Wildman–Crippen MR) is 102 cm³/mol. The summed E-state index contributed by atoms with van der Waals surface area (Å²) in [7, 11) is 3.27. The van der Waals surface area contributed by atoms with Gasteiger partial charge < -0.3 is 4.74 Å². The van der Waals surface area contributed by atoms with Crippen molar-refractivity contribution in [2.24, 2.45) is 12.0 Å². The number of hydrogen-bond donors (Lipinski definition) is 0. The lowest BCUT2D eigenvalue weighted by molar-refractivity contribution is 0.0593. The molecule has 27 heavy (non-hydrogen) atoms. The van der Waals surface area contributed by atoms with Crippen LogP contribution in [0.1, 0.15) is 45.8 Å². The van der Waals surface area contributed by atoms with Crippen LogP contribution in [0.3, 0.4) is 0 Å². The highest BCUT2D eigenvalue weighted by molar-refractivity contribution is 6.15. The highest BCUT2D eigenvalue weighted by atomic mass is 16.5. The van der Waals surface area contributed by atoms with Crippen molar-refractivity contribution in [1.29, 1.82) is 0 Å². The lowest BCUT2D eigenvalue weighted by Crippen LogP contribution is -2.11. The molecule has 0 atom stereocenters. The number of rotatable bonds is 3. The maximum atomic E-state index is 12.3. The van der Waals surface area contributed by atoms with Gasteiger partial charge in [0.15, 0.2) is 5.69 Å². The van der Waals surface area contributed by atoms with Crippen molar-refractivity contribution >= 4 is 11.7 Å². The molecule has 0 radical (unpaired) electrons. The number of carbonyl (C=O) groups excluding carboxylic acids is 1.